The summed E-state index contributed by atoms with van der Waals surface area (Å²) in [5, 5.41) is 2.86. The fourth-order valence-corrected chi connectivity index (χ4v) is 6.28. The molecular formula is C33H32N2O4S. The zero-order chi connectivity index (χ0) is 28.0. The Labute approximate surface area is 235 Å². The van der Waals surface area contributed by atoms with Crippen LogP contribution in [-0.4, -0.2) is 30.9 Å². The maximum Gasteiger partial charge on any atom is 0.254 e. The van der Waals surface area contributed by atoms with E-state index in [1.165, 1.54) is 0 Å². The third-order valence-electron chi connectivity index (χ3n) is 6.93. The highest BCUT2D eigenvalue weighted by Crippen LogP contribution is 2.32. The number of benzene rings is 4. The van der Waals surface area contributed by atoms with Crippen molar-refractivity contribution in [1.82, 2.24) is 4.90 Å². The van der Waals surface area contributed by atoms with Crippen LogP contribution < -0.4 is 5.32 Å². The normalized spacial score (nSPS) is 13.0. The van der Waals surface area contributed by atoms with E-state index < -0.39 is 9.84 Å². The molecule has 40 heavy (non-hydrogen) atoms. The van der Waals surface area contributed by atoms with Crippen molar-refractivity contribution in [2.75, 3.05) is 11.1 Å². The number of amides is 2. The van der Waals surface area contributed by atoms with E-state index in [1.807, 2.05) is 65.6 Å². The van der Waals surface area contributed by atoms with Crippen LogP contribution in [0, 0.1) is 5.92 Å². The molecule has 0 radical (unpaired) electrons. The lowest BCUT2D eigenvalue weighted by atomic mass is 10.1. The lowest BCUT2D eigenvalue weighted by Crippen LogP contribution is -2.30. The van der Waals surface area contributed by atoms with Gasteiger partial charge in [0.25, 0.3) is 5.91 Å². The summed E-state index contributed by atoms with van der Waals surface area (Å²) in [5.41, 5.74) is 3.94. The molecule has 4 aromatic rings. The average Bonchev–Trinajstić information content (AvgIpc) is 3.77. The molecule has 0 heterocycles. The number of carbonyl (C=O) groups is 2. The zero-order valence-corrected chi connectivity index (χ0v) is 23.0. The van der Waals surface area contributed by atoms with Crippen LogP contribution in [0.1, 0.15) is 39.9 Å². The van der Waals surface area contributed by atoms with E-state index >= 15 is 0 Å². The highest BCUT2D eigenvalue weighted by molar-refractivity contribution is 7.91. The average molecular weight is 553 g/mol. The zero-order valence-electron chi connectivity index (χ0n) is 22.2. The molecule has 2 amide bonds. The molecule has 1 fully saturated rings. The van der Waals surface area contributed by atoms with Gasteiger partial charge < -0.3 is 10.2 Å². The third kappa shape index (κ3) is 7.45. The van der Waals surface area contributed by atoms with Crippen molar-refractivity contribution in [2.24, 2.45) is 5.92 Å². The van der Waals surface area contributed by atoms with Gasteiger partial charge in [0, 0.05) is 24.3 Å². The van der Waals surface area contributed by atoms with Gasteiger partial charge in [-0.05, 0) is 71.8 Å². The summed E-state index contributed by atoms with van der Waals surface area (Å²) in [4.78, 5) is 28.2. The van der Waals surface area contributed by atoms with Crippen LogP contribution in [0.15, 0.2) is 114 Å². The maximum atomic E-state index is 13.5. The van der Waals surface area contributed by atoms with Crippen molar-refractivity contribution < 1.29 is 18.0 Å². The third-order valence-corrected chi connectivity index (χ3v) is 8.84. The second-order valence-corrected chi connectivity index (χ2v) is 12.3. The monoisotopic (exact) mass is 552 g/mol. The molecule has 0 unspecified atom stereocenters. The van der Waals surface area contributed by atoms with Crippen molar-refractivity contribution in [2.45, 2.75) is 37.2 Å². The fourth-order valence-electron chi connectivity index (χ4n) is 4.58. The number of anilines is 1. The first-order chi connectivity index (χ1) is 19.4. The first kappa shape index (κ1) is 27.3. The molecular weight excluding hydrogens is 520 g/mol. The summed E-state index contributed by atoms with van der Waals surface area (Å²) in [6, 6.07) is 33.2. The molecule has 0 spiro atoms. The predicted octanol–water partition coefficient (Wildman–Crippen LogP) is 5.89. The molecule has 1 N–H and O–H groups in total. The minimum absolute atomic E-state index is 0.0951. The Hall–Kier alpha value is -4.23. The number of sulfone groups is 1. The topological polar surface area (TPSA) is 83.5 Å². The van der Waals surface area contributed by atoms with E-state index in [0.29, 0.717) is 29.2 Å². The van der Waals surface area contributed by atoms with E-state index in [-0.39, 0.29) is 29.9 Å². The number of nitrogens with zero attached hydrogens (tertiary/aromatic N) is 1. The van der Waals surface area contributed by atoms with E-state index in [0.717, 1.165) is 29.5 Å². The van der Waals surface area contributed by atoms with Crippen LogP contribution in [0.25, 0.3) is 0 Å². The Balaban J connectivity index is 1.21. The number of rotatable bonds is 11. The standard InChI is InChI=1S/C33H32N2O4S/c36-32(21-25-13-19-31(20-14-25)40(38,39)24-28-11-12-28)34-30-17-15-29(16-18-30)33(37)35(22-26-7-3-1-4-8-26)23-27-9-5-2-6-10-27/h1-10,13-20,28H,11-12,21-24H2,(H,34,36). The molecule has 0 aromatic heterocycles. The number of carbonyl (C=O) groups excluding carboxylic acids is 2. The van der Waals surface area contributed by atoms with Crippen LogP contribution in [-0.2, 0) is 34.1 Å². The number of hydrogen-bond donors (Lipinski definition) is 1. The van der Waals surface area contributed by atoms with Gasteiger partial charge in [-0.25, -0.2) is 8.42 Å². The summed E-state index contributed by atoms with van der Waals surface area (Å²) >= 11 is 0. The Morgan fingerprint density at radius 2 is 1.25 bits per heavy atom. The molecule has 0 bridgehead atoms. The van der Waals surface area contributed by atoms with Gasteiger partial charge in [0.2, 0.25) is 5.91 Å². The smallest absolute Gasteiger partial charge is 0.254 e. The lowest BCUT2D eigenvalue weighted by Gasteiger charge is -2.23. The van der Waals surface area contributed by atoms with Crippen molar-refractivity contribution in [1.29, 1.82) is 0 Å². The maximum absolute atomic E-state index is 13.5. The molecule has 4 aromatic carbocycles. The molecule has 7 heteroatoms. The molecule has 1 aliphatic carbocycles. The van der Waals surface area contributed by atoms with Gasteiger partial charge in [-0.3, -0.25) is 9.59 Å². The minimum atomic E-state index is -3.28. The quantitative estimate of drug-likeness (QED) is 0.251. The number of nitrogens with one attached hydrogen (secondary N) is 1. The molecule has 1 aliphatic rings. The predicted molar refractivity (Wildman–Crippen MR) is 156 cm³/mol. The lowest BCUT2D eigenvalue weighted by molar-refractivity contribution is -0.115. The Bertz CT molecular complexity index is 1510. The van der Waals surface area contributed by atoms with Gasteiger partial charge in [-0.15, -0.1) is 0 Å². The first-order valence-corrected chi connectivity index (χ1v) is 15.1. The van der Waals surface area contributed by atoms with Crippen molar-refractivity contribution in [3.05, 3.63) is 131 Å². The Morgan fingerprint density at radius 1 is 0.700 bits per heavy atom. The van der Waals surface area contributed by atoms with Crippen LogP contribution in [0.4, 0.5) is 5.69 Å². The molecule has 6 nitrogen and oxygen atoms in total. The largest absolute Gasteiger partial charge is 0.330 e. The fraction of sp³-hybridized carbons (Fsp3) is 0.212. The molecule has 1 saturated carbocycles. The Morgan fingerprint density at radius 3 is 1.77 bits per heavy atom. The van der Waals surface area contributed by atoms with E-state index in [2.05, 4.69) is 5.32 Å². The van der Waals surface area contributed by atoms with E-state index in [9.17, 15) is 18.0 Å². The highest BCUT2D eigenvalue weighted by atomic mass is 32.2. The van der Waals surface area contributed by atoms with E-state index in [4.69, 9.17) is 0 Å². The Kier molecular flexibility index (Phi) is 8.41. The minimum Gasteiger partial charge on any atom is -0.330 e. The number of hydrogen-bond acceptors (Lipinski definition) is 4. The van der Waals surface area contributed by atoms with Crippen molar-refractivity contribution in [3.8, 4) is 0 Å². The summed E-state index contributed by atoms with van der Waals surface area (Å²) < 4.78 is 24.9. The molecule has 5 rings (SSSR count). The summed E-state index contributed by atoms with van der Waals surface area (Å²) in [7, 11) is -3.28. The highest BCUT2D eigenvalue weighted by Gasteiger charge is 2.29. The van der Waals surface area contributed by atoms with Crippen LogP contribution in [0.2, 0.25) is 0 Å². The first-order valence-electron chi connectivity index (χ1n) is 13.4. The van der Waals surface area contributed by atoms with Crippen LogP contribution in [0.5, 0.6) is 0 Å². The van der Waals surface area contributed by atoms with Crippen molar-refractivity contribution in [3.63, 3.8) is 0 Å². The summed E-state index contributed by atoms with van der Waals surface area (Å²) in [6.45, 7) is 0.960. The molecule has 0 aliphatic heterocycles. The molecule has 204 valence electrons. The van der Waals surface area contributed by atoms with Gasteiger partial charge >= 0.3 is 0 Å². The van der Waals surface area contributed by atoms with Gasteiger partial charge in [-0.1, -0.05) is 72.8 Å². The molecule has 0 saturated heterocycles. The van der Waals surface area contributed by atoms with Crippen LogP contribution in [0.3, 0.4) is 0 Å². The second kappa shape index (κ2) is 12.3. The second-order valence-electron chi connectivity index (χ2n) is 10.3. The SMILES string of the molecule is O=C(Cc1ccc(S(=O)(=O)CC2CC2)cc1)Nc1ccc(C(=O)N(Cc2ccccc2)Cc2ccccc2)cc1. The van der Waals surface area contributed by atoms with Crippen LogP contribution >= 0.6 is 0 Å². The van der Waals surface area contributed by atoms with Crippen molar-refractivity contribution >= 4 is 27.3 Å². The summed E-state index contributed by atoms with van der Waals surface area (Å²) in [5.74, 6) is 0.166. The van der Waals surface area contributed by atoms with Gasteiger partial charge in [0.15, 0.2) is 9.84 Å². The van der Waals surface area contributed by atoms with Gasteiger partial charge in [-0.2, -0.15) is 0 Å². The summed E-state index contributed by atoms with van der Waals surface area (Å²) in [6.07, 6.45) is 2.07. The van der Waals surface area contributed by atoms with Gasteiger partial charge in [0.1, 0.15) is 0 Å². The molecule has 0 atom stereocenters. The van der Waals surface area contributed by atoms with E-state index in [1.54, 1.807) is 48.5 Å². The van der Waals surface area contributed by atoms with Gasteiger partial charge in [0.05, 0.1) is 17.1 Å².